The van der Waals surface area contributed by atoms with E-state index in [0.717, 1.165) is 31.7 Å². The van der Waals surface area contributed by atoms with E-state index in [0.29, 0.717) is 0 Å². The van der Waals surface area contributed by atoms with E-state index in [1.165, 1.54) is 0 Å². The van der Waals surface area contributed by atoms with Crippen molar-refractivity contribution in [3.05, 3.63) is 18.0 Å². The van der Waals surface area contributed by atoms with Crippen LogP contribution in [-0.2, 0) is 6.54 Å². The normalized spacial score (nSPS) is 21.4. The van der Waals surface area contributed by atoms with E-state index in [-0.39, 0.29) is 0 Å². The molecule has 0 bridgehead atoms. The number of rotatable bonds is 3. The van der Waals surface area contributed by atoms with Gasteiger partial charge < -0.3 is 5.11 Å². The molecule has 0 unspecified atom stereocenters. The summed E-state index contributed by atoms with van der Waals surface area (Å²) in [5, 5.41) is 16.5. The van der Waals surface area contributed by atoms with Crippen LogP contribution in [0.4, 0.5) is 0 Å². The zero-order valence-corrected chi connectivity index (χ0v) is 7.82. The maximum atomic E-state index is 9.75. The molecule has 1 aromatic heterocycles. The standard InChI is InChI=1S/C9H15N3O/c1-2-9(13)6-12(7-9)5-8-3-4-10-11-8/h3-4,13H,2,5-7H2,1H3,(H,10,11). The molecule has 2 rings (SSSR count). The number of nitrogens with one attached hydrogen (secondary N) is 1. The summed E-state index contributed by atoms with van der Waals surface area (Å²) in [6.07, 6.45) is 2.59. The maximum Gasteiger partial charge on any atom is 0.0897 e. The van der Waals surface area contributed by atoms with Gasteiger partial charge in [-0.2, -0.15) is 5.10 Å². The van der Waals surface area contributed by atoms with E-state index < -0.39 is 5.60 Å². The van der Waals surface area contributed by atoms with Gasteiger partial charge in [-0.3, -0.25) is 10.00 Å². The summed E-state index contributed by atoms with van der Waals surface area (Å²) in [4.78, 5) is 2.21. The van der Waals surface area contributed by atoms with Crippen LogP contribution in [0.15, 0.2) is 12.3 Å². The van der Waals surface area contributed by atoms with Crippen LogP contribution in [0.1, 0.15) is 19.0 Å². The third-order valence-corrected chi connectivity index (χ3v) is 2.65. The molecule has 13 heavy (non-hydrogen) atoms. The summed E-state index contributed by atoms with van der Waals surface area (Å²) in [6.45, 7) is 4.45. The number of aromatic nitrogens is 2. The van der Waals surface area contributed by atoms with Gasteiger partial charge in [0.1, 0.15) is 0 Å². The lowest BCUT2D eigenvalue weighted by molar-refractivity contribution is -0.103. The minimum Gasteiger partial charge on any atom is -0.387 e. The molecule has 4 nitrogen and oxygen atoms in total. The molecule has 0 aliphatic carbocycles. The number of hydrogen-bond acceptors (Lipinski definition) is 3. The average molecular weight is 181 g/mol. The van der Waals surface area contributed by atoms with Crippen LogP contribution in [0.5, 0.6) is 0 Å². The lowest BCUT2D eigenvalue weighted by Gasteiger charge is -2.45. The maximum absolute atomic E-state index is 9.75. The average Bonchev–Trinajstić information content (AvgIpc) is 2.54. The Labute approximate surface area is 77.6 Å². The van der Waals surface area contributed by atoms with E-state index >= 15 is 0 Å². The molecule has 0 aromatic carbocycles. The first-order chi connectivity index (χ1) is 6.22. The van der Waals surface area contributed by atoms with Crippen LogP contribution in [0.2, 0.25) is 0 Å². The van der Waals surface area contributed by atoms with Gasteiger partial charge in [-0.15, -0.1) is 0 Å². The second-order valence-electron chi connectivity index (χ2n) is 3.80. The molecule has 1 saturated heterocycles. The molecule has 0 atom stereocenters. The Balaban J connectivity index is 1.82. The van der Waals surface area contributed by atoms with E-state index in [1.54, 1.807) is 6.20 Å². The van der Waals surface area contributed by atoms with Crippen molar-refractivity contribution in [1.82, 2.24) is 15.1 Å². The van der Waals surface area contributed by atoms with Gasteiger partial charge in [-0.25, -0.2) is 0 Å². The topological polar surface area (TPSA) is 52.1 Å². The van der Waals surface area contributed by atoms with Gasteiger partial charge in [0.05, 0.1) is 5.60 Å². The van der Waals surface area contributed by atoms with Gasteiger partial charge in [-0.1, -0.05) is 6.92 Å². The number of hydrogen-bond donors (Lipinski definition) is 2. The molecular formula is C9H15N3O. The number of aromatic amines is 1. The SMILES string of the molecule is CCC1(O)CN(Cc2ccn[nH]2)C1. The number of nitrogens with zero attached hydrogens (tertiary/aromatic N) is 2. The Morgan fingerprint density at radius 1 is 1.69 bits per heavy atom. The molecule has 0 amide bonds. The van der Waals surface area contributed by atoms with Gasteiger partial charge in [0, 0.05) is 31.5 Å². The predicted molar refractivity (Wildman–Crippen MR) is 49.1 cm³/mol. The Morgan fingerprint density at radius 2 is 2.46 bits per heavy atom. The summed E-state index contributed by atoms with van der Waals surface area (Å²) >= 11 is 0. The smallest absolute Gasteiger partial charge is 0.0897 e. The molecule has 0 spiro atoms. The first-order valence-electron chi connectivity index (χ1n) is 4.65. The highest BCUT2D eigenvalue weighted by molar-refractivity contribution is 5.02. The Hall–Kier alpha value is -0.870. The number of likely N-dealkylation sites (tertiary alicyclic amines) is 1. The molecule has 0 saturated carbocycles. The van der Waals surface area contributed by atoms with Crippen LogP contribution in [0.25, 0.3) is 0 Å². The monoisotopic (exact) mass is 181 g/mol. The third kappa shape index (κ3) is 1.73. The first kappa shape index (κ1) is 8.72. The predicted octanol–water partition coefficient (Wildman–Crippen LogP) is 0.366. The van der Waals surface area contributed by atoms with Gasteiger partial charge in [-0.05, 0) is 12.5 Å². The van der Waals surface area contributed by atoms with Gasteiger partial charge in [0.25, 0.3) is 0 Å². The van der Waals surface area contributed by atoms with Crippen LogP contribution in [0.3, 0.4) is 0 Å². The number of β-amino-alcohol motifs (C(OH)–C–C–N with tert-alkyl or cyclic N) is 1. The summed E-state index contributed by atoms with van der Waals surface area (Å²) in [7, 11) is 0. The lowest BCUT2D eigenvalue weighted by atomic mass is 9.91. The fourth-order valence-corrected chi connectivity index (χ4v) is 1.74. The first-order valence-corrected chi connectivity index (χ1v) is 4.65. The Kier molecular flexibility index (Phi) is 2.09. The quantitative estimate of drug-likeness (QED) is 0.708. The summed E-state index contributed by atoms with van der Waals surface area (Å²) in [5.74, 6) is 0. The van der Waals surface area contributed by atoms with Crippen molar-refractivity contribution in [2.45, 2.75) is 25.5 Å². The van der Waals surface area contributed by atoms with E-state index in [1.807, 2.05) is 13.0 Å². The highest BCUT2D eigenvalue weighted by atomic mass is 16.3. The number of H-pyrrole nitrogens is 1. The highest BCUT2D eigenvalue weighted by Gasteiger charge is 2.39. The molecule has 1 aliphatic heterocycles. The minimum absolute atomic E-state index is 0.431. The molecule has 0 radical (unpaired) electrons. The van der Waals surface area contributed by atoms with Gasteiger partial charge >= 0.3 is 0 Å². The molecule has 1 fully saturated rings. The van der Waals surface area contributed by atoms with Crippen molar-refractivity contribution in [1.29, 1.82) is 0 Å². The van der Waals surface area contributed by atoms with Gasteiger partial charge in [0.2, 0.25) is 0 Å². The van der Waals surface area contributed by atoms with Crippen molar-refractivity contribution in [3.8, 4) is 0 Å². The zero-order valence-electron chi connectivity index (χ0n) is 7.82. The van der Waals surface area contributed by atoms with Crippen molar-refractivity contribution >= 4 is 0 Å². The third-order valence-electron chi connectivity index (χ3n) is 2.65. The van der Waals surface area contributed by atoms with E-state index in [2.05, 4.69) is 15.1 Å². The van der Waals surface area contributed by atoms with Crippen molar-refractivity contribution < 1.29 is 5.11 Å². The Morgan fingerprint density at radius 3 is 3.00 bits per heavy atom. The molecule has 4 heteroatoms. The van der Waals surface area contributed by atoms with Crippen molar-refractivity contribution in [2.24, 2.45) is 0 Å². The molecule has 2 N–H and O–H groups in total. The fourth-order valence-electron chi connectivity index (χ4n) is 1.74. The van der Waals surface area contributed by atoms with Crippen LogP contribution < -0.4 is 0 Å². The van der Waals surface area contributed by atoms with Crippen molar-refractivity contribution in [3.63, 3.8) is 0 Å². The molecule has 72 valence electrons. The Bertz CT molecular complexity index is 264. The molecule has 1 aromatic rings. The van der Waals surface area contributed by atoms with Gasteiger partial charge in [0.15, 0.2) is 0 Å². The fraction of sp³-hybridized carbons (Fsp3) is 0.667. The molecule has 1 aliphatic rings. The van der Waals surface area contributed by atoms with Crippen LogP contribution >= 0.6 is 0 Å². The highest BCUT2D eigenvalue weighted by Crippen LogP contribution is 2.24. The second kappa shape index (κ2) is 3.12. The zero-order chi connectivity index (χ0) is 9.31. The lowest BCUT2D eigenvalue weighted by Crippen LogP contribution is -2.60. The largest absolute Gasteiger partial charge is 0.387 e. The van der Waals surface area contributed by atoms with Crippen molar-refractivity contribution in [2.75, 3.05) is 13.1 Å². The van der Waals surface area contributed by atoms with E-state index in [9.17, 15) is 5.11 Å². The van der Waals surface area contributed by atoms with E-state index in [4.69, 9.17) is 0 Å². The summed E-state index contributed by atoms with van der Waals surface area (Å²) < 4.78 is 0. The summed E-state index contributed by atoms with van der Waals surface area (Å²) in [6, 6.07) is 1.96. The molecule has 2 heterocycles. The second-order valence-corrected chi connectivity index (χ2v) is 3.80. The van der Waals surface area contributed by atoms with Crippen LogP contribution in [-0.4, -0.2) is 38.9 Å². The summed E-state index contributed by atoms with van der Waals surface area (Å²) in [5.41, 5.74) is 0.679. The molecular weight excluding hydrogens is 166 g/mol. The number of aliphatic hydroxyl groups is 1. The van der Waals surface area contributed by atoms with Crippen LogP contribution in [0, 0.1) is 0 Å². The minimum atomic E-state index is -0.431.